The largest absolute Gasteiger partial charge is 0.351 e. The van der Waals surface area contributed by atoms with Gasteiger partial charge in [0.05, 0.1) is 5.75 Å². The van der Waals surface area contributed by atoms with Gasteiger partial charge in [0.2, 0.25) is 0 Å². The summed E-state index contributed by atoms with van der Waals surface area (Å²) in [7, 11) is 0. The molecule has 0 aliphatic carbocycles. The van der Waals surface area contributed by atoms with Crippen molar-refractivity contribution in [2.75, 3.05) is 11.1 Å². The lowest BCUT2D eigenvalue weighted by Gasteiger charge is -2.03. The molecule has 0 bridgehead atoms. The number of hydrogen-bond acceptors (Lipinski definition) is 5. The normalized spacial score (nSPS) is 10.1. The van der Waals surface area contributed by atoms with E-state index in [2.05, 4.69) is 10.3 Å². The highest BCUT2D eigenvalue weighted by molar-refractivity contribution is 8.01. The monoisotopic (exact) mass is 293 g/mol. The van der Waals surface area contributed by atoms with E-state index >= 15 is 0 Å². The molecule has 0 radical (unpaired) electrons. The van der Waals surface area contributed by atoms with Crippen LogP contribution in [0.2, 0.25) is 0 Å². The van der Waals surface area contributed by atoms with Gasteiger partial charge in [0.25, 0.3) is 0 Å². The molecule has 0 atom stereocenters. The molecule has 2 aromatic rings. The van der Waals surface area contributed by atoms with Gasteiger partial charge in [-0.05, 0) is 24.3 Å². The molecule has 2 amide bonds. The molecule has 0 unspecified atom stereocenters. The van der Waals surface area contributed by atoms with Crippen molar-refractivity contribution < 1.29 is 9.59 Å². The van der Waals surface area contributed by atoms with E-state index in [4.69, 9.17) is 5.73 Å². The van der Waals surface area contributed by atoms with Gasteiger partial charge in [0, 0.05) is 22.8 Å². The number of carbonyl (C=O) groups excluding carboxylic acids is 2. The summed E-state index contributed by atoms with van der Waals surface area (Å²) >= 11 is 2.92. The van der Waals surface area contributed by atoms with Gasteiger partial charge in [0.1, 0.15) is 4.34 Å². The average molecular weight is 293 g/mol. The van der Waals surface area contributed by atoms with Gasteiger partial charge in [-0.25, -0.2) is 9.78 Å². The number of Topliss-reactive ketones (excluding diaryl/α,β-unsaturated/α-hetero) is 1. The van der Waals surface area contributed by atoms with E-state index in [1.807, 2.05) is 5.38 Å². The van der Waals surface area contributed by atoms with Crippen molar-refractivity contribution in [2.45, 2.75) is 4.34 Å². The number of nitrogens with zero attached hydrogens (tertiary/aromatic N) is 1. The van der Waals surface area contributed by atoms with Crippen molar-refractivity contribution in [2.24, 2.45) is 5.73 Å². The van der Waals surface area contributed by atoms with Crippen LogP contribution in [0.25, 0.3) is 0 Å². The molecule has 5 nitrogen and oxygen atoms in total. The molecule has 2 rings (SSSR count). The average Bonchev–Trinajstić information content (AvgIpc) is 2.89. The zero-order valence-electron chi connectivity index (χ0n) is 9.83. The van der Waals surface area contributed by atoms with Crippen molar-refractivity contribution in [3.05, 3.63) is 41.4 Å². The lowest BCUT2D eigenvalue weighted by Crippen LogP contribution is -2.19. The third kappa shape index (κ3) is 4.08. The van der Waals surface area contributed by atoms with Crippen molar-refractivity contribution >= 4 is 40.6 Å². The number of rotatable bonds is 5. The molecular weight excluding hydrogens is 282 g/mol. The number of ketones is 1. The van der Waals surface area contributed by atoms with E-state index in [-0.39, 0.29) is 5.78 Å². The summed E-state index contributed by atoms with van der Waals surface area (Å²) in [6.07, 6.45) is 1.71. The summed E-state index contributed by atoms with van der Waals surface area (Å²) < 4.78 is 0.875. The summed E-state index contributed by atoms with van der Waals surface area (Å²) in [5, 5.41) is 4.31. The Morgan fingerprint density at radius 2 is 2.05 bits per heavy atom. The van der Waals surface area contributed by atoms with Crippen molar-refractivity contribution in [3.8, 4) is 0 Å². The second-order valence-electron chi connectivity index (χ2n) is 3.58. The molecule has 1 aromatic heterocycles. The maximum Gasteiger partial charge on any atom is 0.316 e. The first-order valence-electron chi connectivity index (χ1n) is 5.37. The molecule has 0 saturated carbocycles. The van der Waals surface area contributed by atoms with E-state index in [9.17, 15) is 9.59 Å². The molecule has 1 aromatic carbocycles. The molecule has 1 heterocycles. The summed E-state index contributed by atoms with van der Waals surface area (Å²) in [4.78, 5) is 26.7. The predicted octanol–water partition coefficient (Wildman–Crippen LogP) is 2.61. The van der Waals surface area contributed by atoms with Crippen LogP contribution in [0.15, 0.2) is 40.2 Å². The van der Waals surface area contributed by atoms with Gasteiger partial charge >= 0.3 is 6.03 Å². The molecule has 0 spiro atoms. The van der Waals surface area contributed by atoms with Crippen LogP contribution in [-0.2, 0) is 0 Å². The molecular formula is C12H11N3O2S2. The number of thioether (sulfide) groups is 1. The molecule has 19 heavy (non-hydrogen) atoms. The van der Waals surface area contributed by atoms with Crippen LogP contribution in [0, 0.1) is 0 Å². The van der Waals surface area contributed by atoms with E-state index in [0.29, 0.717) is 17.0 Å². The minimum atomic E-state index is -0.626. The first-order valence-corrected chi connectivity index (χ1v) is 7.23. The fourth-order valence-electron chi connectivity index (χ4n) is 1.37. The number of hydrogen-bond donors (Lipinski definition) is 2. The van der Waals surface area contributed by atoms with Crippen LogP contribution in [0.5, 0.6) is 0 Å². The highest BCUT2D eigenvalue weighted by Gasteiger charge is 2.08. The minimum Gasteiger partial charge on any atom is -0.351 e. The number of primary amides is 1. The van der Waals surface area contributed by atoms with Crippen LogP contribution < -0.4 is 11.1 Å². The maximum atomic E-state index is 11.9. The van der Waals surface area contributed by atoms with Crippen LogP contribution in [-0.4, -0.2) is 22.6 Å². The third-order valence-corrected chi connectivity index (χ3v) is 4.18. The fourth-order valence-corrected chi connectivity index (χ4v) is 2.91. The number of aromatic nitrogens is 1. The lowest BCUT2D eigenvalue weighted by atomic mass is 10.1. The Bertz CT molecular complexity index is 567. The molecule has 0 aliphatic rings. The quantitative estimate of drug-likeness (QED) is 0.655. The van der Waals surface area contributed by atoms with Crippen LogP contribution in [0.3, 0.4) is 0 Å². The van der Waals surface area contributed by atoms with Crippen LogP contribution in [0.4, 0.5) is 10.5 Å². The molecule has 0 saturated heterocycles. The topological polar surface area (TPSA) is 85.1 Å². The van der Waals surface area contributed by atoms with Crippen molar-refractivity contribution in [3.63, 3.8) is 0 Å². The number of benzene rings is 1. The number of urea groups is 1. The highest BCUT2D eigenvalue weighted by Crippen LogP contribution is 2.21. The second kappa shape index (κ2) is 6.35. The van der Waals surface area contributed by atoms with Gasteiger partial charge in [-0.15, -0.1) is 11.3 Å². The number of anilines is 1. The lowest BCUT2D eigenvalue weighted by molar-refractivity contribution is 0.102. The first-order chi connectivity index (χ1) is 9.15. The van der Waals surface area contributed by atoms with Crippen LogP contribution in [0.1, 0.15) is 10.4 Å². The van der Waals surface area contributed by atoms with E-state index in [1.165, 1.54) is 23.1 Å². The van der Waals surface area contributed by atoms with Crippen LogP contribution >= 0.6 is 23.1 Å². The number of amides is 2. The van der Waals surface area contributed by atoms with Crippen molar-refractivity contribution in [1.29, 1.82) is 0 Å². The smallest absolute Gasteiger partial charge is 0.316 e. The SMILES string of the molecule is NC(=O)Nc1ccc(C(=O)CSc2nccs2)cc1. The van der Waals surface area contributed by atoms with Gasteiger partial charge in [-0.1, -0.05) is 11.8 Å². The van der Waals surface area contributed by atoms with E-state index in [1.54, 1.807) is 30.5 Å². The summed E-state index contributed by atoms with van der Waals surface area (Å²) in [6.45, 7) is 0. The summed E-state index contributed by atoms with van der Waals surface area (Å²) in [5.41, 5.74) is 6.16. The first kappa shape index (κ1) is 13.6. The van der Waals surface area contributed by atoms with Gasteiger partial charge in [0.15, 0.2) is 5.78 Å². The number of nitrogens with one attached hydrogen (secondary N) is 1. The van der Waals surface area contributed by atoms with Gasteiger partial charge < -0.3 is 11.1 Å². The van der Waals surface area contributed by atoms with Gasteiger partial charge in [-0.3, -0.25) is 4.79 Å². The Balaban J connectivity index is 1.93. The zero-order valence-corrected chi connectivity index (χ0v) is 11.5. The number of nitrogens with two attached hydrogens (primary N) is 1. The summed E-state index contributed by atoms with van der Waals surface area (Å²) in [6, 6.07) is 5.99. The Morgan fingerprint density at radius 3 is 2.63 bits per heavy atom. The van der Waals surface area contributed by atoms with Gasteiger partial charge in [-0.2, -0.15) is 0 Å². The van der Waals surface area contributed by atoms with Crippen molar-refractivity contribution in [1.82, 2.24) is 4.98 Å². The Labute approximate surface area is 118 Å². The Hall–Kier alpha value is -1.86. The summed E-state index contributed by atoms with van der Waals surface area (Å²) in [5.74, 6) is 0.363. The Kier molecular flexibility index (Phi) is 4.53. The molecule has 3 N–H and O–H groups in total. The molecule has 0 aliphatic heterocycles. The molecule has 7 heteroatoms. The predicted molar refractivity (Wildman–Crippen MR) is 76.8 cm³/mol. The minimum absolute atomic E-state index is 0.0193. The zero-order chi connectivity index (χ0) is 13.7. The molecule has 98 valence electrons. The third-order valence-electron chi connectivity index (χ3n) is 2.21. The number of carbonyl (C=O) groups is 2. The standard InChI is InChI=1S/C12H11N3O2S2/c13-11(17)15-9-3-1-8(2-4-9)10(16)7-19-12-14-5-6-18-12/h1-6H,7H2,(H3,13,15,17). The highest BCUT2D eigenvalue weighted by atomic mass is 32.2. The number of thiazole rings is 1. The molecule has 0 fully saturated rings. The fraction of sp³-hybridized carbons (Fsp3) is 0.0833. The second-order valence-corrected chi connectivity index (χ2v) is 5.69. The Morgan fingerprint density at radius 1 is 1.32 bits per heavy atom. The maximum absolute atomic E-state index is 11.9. The van der Waals surface area contributed by atoms with E-state index in [0.717, 1.165) is 4.34 Å². The van der Waals surface area contributed by atoms with E-state index < -0.39 is 6.03 Å².